The number of allylic oxidation sites excluding steroid dienone is 1. The number of nitrogens with two attached hydrogens (primary N) is 1. The van der Waals surface area contributed by atoms with E-state index in [-0.39, 0.29) is 17.0 Å². The molecule has 1 aliphatic rings. The topological polar surface area (TPSA) is 124 Å². The summed E-state index contributed by atoms with van der Waals surface area (Å²) in [5.41, 5.74) is 3.32. The van der Waals surface area contributed by atoms with Gasteiger partial charge in [-0.15, -0.1) is 0 Å². The van der Waals surface area contributed by atoms with Gasteiger partial charge in [0.2, 0.25) is 0 Å². The smallest absolute Gasteiger partial charge is 0.282 e. The van der Waals surface area contributed by atoms with Gasteiger partial charge < -0.3 is 0 Å². The molecule has 0 radical (unpaired) electrons. The molecule has 0 heterocycles. The highest BCUT2D eigenvalue weighted by molar-refractivity contribution is 7.90. The van der Waals surface area contributed by atoms with E-state index in [0.717, 1.165) is 0 Å². The van der Waals surface area contributed by atoms with Crippen molar-refractivity contribution in [3.05, 3.63) is 31.7 Å². The second-order valence-electron chi connectivity index (χ2n) is 3.44. The minimum Gasteiger partial charge on any atom is -0.282 e. The first kappa shape index (κ1) is 13.1. The van der Waals surface area contributed by atoms with Crippen molar-refractivity contribution in [2.75, 3.05) is 0 Å². The van der Waals surface area contributed by atoms with Gasteiger partial charge in [-0.05, 0) is 12.5 Å². The van der Waals surface area contributed by atoms with E-state index in [1.165, 1.54) is 6.92 Å². The summed E-state index contributed by atoms with van der Waals surface area (Å²) in [4.78, 5) is 9.20. The summed E-state index contributed by atoms with van der Waals surface area (Å²) in [5.74, 6) is 0. The Morgan fingerprint density at radius 1 is 1.69 bits per heavy atom. The lowest BCUT2D eigenvalue weighted by Gasteiger charge is -2.23. The van der Waals surface area contributed by atoms with Crippen LogP contribution in [0, 0.1) is 10.1 Å². The van der Waals surface area contributed by atoms with Crippen LogP contribution >= 0.6 is 11.6 Å². The Labute approximate surface area is 96.5 Å². The lowest BCUT2D eigenvalue weighted by atomic mass is 9.98. The van der Waals surface area contributed by atoms with E-state index >= 15 is 0 Å². The Bertz CT molecular complexity index is 509. The summed E-state index contributed by atoms with van der Waals surface area (Å²) in [5, 5.41) is 10.6. The summed E-state index contributed by atoms with van der Waals surface area (Å²) < 4.78 is 30.8. The molecular formula is C7H9ClN2O5S. The third-order valence-electron chi connectivity index (χ3n) is 2.21. The Hall–Kier alpha value is -0.960. The molecule has 0 aliphatic heterocycles. The minimum absolute atomic E-state index is 0.0608. The second kappa shape index (κ2) is 3.81. The van der Waals surface area contributed by atoms with Crippen molar-refractivity contribution in [2.24, 2.45) is 5.73 Å². The van der Waals surface area contributed by atoms with E-state index in [1.54, 1.807) is 0 Å². The SMILES string of the molecule is CC1=C(Cl)CC(N)([N+](=O)[O-])C=C1S(=O)(=O)O. The lowest BCUT2D eigenvalue weighted by Crippen LogP contribution is -2.48. The van der Waals surface area contributed by atoms with Gasteiger partial charge in [0.15, 0.2) is 0 Å². The number of halogens is 1. The van der Waals surface area contributed by atoms with Crippen molar-refractivity contribution in [1.29, 1.82) is 0 Å². The molecule has 0 saturated carbocycles. The maximum atomic E-state index is 11.0. The fourth-order valence-corrected chi connectivity index (χ4v) is 2.52. The highest BCUT2D eigenvalue weighted by Gasteiger charge is 2.43. The fraction of sp³-hybridized carbons (Fsp3) is 0.429. The normalized spacial score (nSPS) is 26.6. The number of rotatable bonds is 2. The molecule has 1 unspecified atom stereocenters. The quantitative estimate of drug-likeness (QED) is 0.327. The van der Waals surface area contributed by atoms with Crippen LogP contribution in [-0.2, 0) is 10.1 Å². The van der Waals surface area contributed by atoms with Crippen LogP contribution in [0.2, 0.25) is 0 Å². The monoisotopic (exact) mass is 268 g/mol. The zero-order chi connectivity index (χ0) is 12.7. The van der Waals surface area contributed by atoms with Gasteiger partial charge in [0.1, 0.15) is 4.91 Å². The van der Waals surface area contributed by atoms with E-state index in [0.29, 0.717) is 6.08 Å². The summed E-state index contributed by atoms with van der Waals surface area (Å²) in [6.07, 6.45) is 0.385. The van der Waals surface area contributed by atoms with Gasteiger partial charge >= 0.3 is 0 Å². The van der Waals surface area contributed by atoms with Gasteiger partial charge in [-0.3, -0.25) is 20.4 Å². The average Bonchev–Trinajstić information content (AvgIpc) is 2.09. The Kier molecular flexibility index (Phi) is 3.12. The van der Waals surface area contributed by atoms with E-state index < -0.39 is 25.6 Å². The van der Waals surface area contributed by atoms with Gasteiger partial charge in [-0.25, -0.2) is 0 Å². The van der Waals surface area contributed by atoms with Gasteiger partial charge in [-0.1, -0.05) is 11.6 Å². The maximum absolute atomic E-state index is 11.0. The zero-order valence-corrected chi connectivity index (χ0v) is 9.75. The molecule has 0 amide bonds. The zero-order valence-electron chi connectivity index (χ0n) is 8.18. The first-order valence-corrected chi connectivity index (χ1v) is 5.89. The van der Waals surface area contributed by atoms with Crippen LogP contribution in [0.5, 0.6) is 0 Å². The van der Waals surface area contributed by atoms with E-state index in [2.05, 4.69) is 0 Å². The van der Waals surface area contributed by atoms with Crippen LogP contribution in [-0.4, -0.2) is 23.6 Å². The molecule has 9 heteroatoms. The molecule has 0 bridgehead atoms. The van der Waals surface area contributed by atoms with Crippen LogP contribution in [0.15, 0.2) is 21.6 Å². The van der Waals surface area contributed by atoms with Gasteiger partial charge in [0, 0.05) is 16.0 Å². The molecule has 0 saturated heterocycles. The third-order valence-corrected chi connectivity index (χ3v) is 3.61. The predicted octanol–water partition coefficient (Wildman–Crippen LogP) is 0.606. The summed E-state index contributed by atoms with van der Waals surface area (Å²) in [6, 6.07) is 0. The fourth-order valence-electron chi connectivity index (χ4n) is 1.29. The molecule has 1 rings (SSSR count). The number of hydrogen-bond donors (Lipinski definition) is 2. The maximum Gasteiger partial charge on any atom is 0.298 e. The van der Waals surface area contributed by atoms with Crippen LogP contribution in [0.4, 0.5) is 0 Å². The molecule has 0 fully saturated rings. The molecule has 0 spiro atoms. The van der Waals surface area contributed by atoms with Crippen molar-refractivity contribution in [3.8, 4) is 0 Å². The highest BCUT2D eigenvalue weighted by Crippen LogP contribution is 2.34. The van der Waals surface area contributed by atoms with Crippen molar-refractivity contribution in [1.82, 2.24) is 0 Å². The molecular weight excluding hydrogens is 260 g/mol. The third kappa shape index (κ3) is 2.24. The number of nitro groups is 1. The van der Waals surface area contributed by atoms with Crippen molar-refractivity contribution in [3.63, 3.8) is 0 Å². The van der Waals surface area contributed by atoms with E-state index in [1.807, 2.05) is 0 Å². The Balaban J connectivity index is 3.44. The van der Waals surface area contributed by atoms with Crippen LogP contribution in [0.25, 0.3) is 0 Å². The molecule has 3 N–H and O–H groups in total. The molecule has 0 aromatic carbocycles. The summed E-state index contributed by atoms with van der Waals surface area (Å²) in [7, 11) is -4.58. The largest absolute Gasteiger partial charge is 0.298 e. The molecule has 0 aromatic heterocycles. The molecule has 16 heavy (non-hydrogen) atoms. The van der Waals surface area contributed by atoms with Crippen molar-refractivity contribution < 1.29 is 17.9 Å². The van der Waals surface area contributed by atoms with Gasteiger partial charge in [-0.2, -0.15) is 8.42 Å². The van der Waals surface area contributed by atoms with E-state index in [9.17, 15) is 18.5 Å². The number of hydrogen-bond acceptors (Lipinski definition) is 5. The van der Waals surface area contributed by atoms with Crippen LogP contribution in [0.1, 0.15) is 13.3 Å². The second-order valence-corrected chi connectivity index (χ2v) is 5.28. The first-order chi connectivity index (χ1) is 7.08. The van der Waals surface area contributed by atoms with Crippen LogP contribution in [0.3, 0.4) is 0 Å². The van der Waals surface area contributed by atoms with Gasteiger partial charge in [0.05, 0.1) is 6.42 Å². The van der Waals surface area contributed by atoms with Crippen molar-refractivity contribution >= 4 is 21.7 Å². The summed E-state index contributed by atoms with van der Waals surface area (Å²) in [6.45, 7) is 1.33. The minimum atomic E-state index is -4.58. The average molecular weight is 269 g/mol. The Morgan fingerprint density at radius 3 is 2.56 bits per heavy atom. The highest BCUT2D eigenvalue weighted by atomic mass is 35.5. The van der Waals surface area contributed by atoms with Gasteiger partial charge in [0.25, 0.3) is 15.8 Å². The molecule has 7 nitrogen and oxygen atoms in total. The predicted molar refractivity (Wildman–Crippen MR) is 56.7 cm³/mol. The molecule has 1 atom stereocenters. The molecule has 90 valence electrons. The molecule has 1 aliphatic carbocycles. The van der Waals surface area contributed by atoms with Crippen molar-refractivity contribution in [2.45, 2.75) is 19.0 Å². The number of nitrogens with zero attached hydrogens (tertiary/aromatic N) is 1. The van der Waals surface area contributed by atoms with E-state index in [4.69, 9.17) is 21.9 Å². The van der Waals surface area contributed by atoms with Crippen LogP contribution < -0.4 is 5.73 Å². The summed E-state index contributed by atoms with van der Waals surface area (Å²) >= 11 is 5.68. The Morgan fingerprint density at radius 2 is 2.19 bits per heavy atom. The standard InChI is InChI=1S/C7H9ClN2O5S/c1-4-5(8)2-7(9,10(11)12)3-6(4)16(13,14)15/h3H,2,9H2,1H3,(H,13,14,15). The first-order valence-electron chi connectivity index (χ1n) is 4.07. The lowest BCUT2D eigenvalue weighted by molar-refractivity contribution is -0.553. The molecule has 0 aromatic rings.